The largest absolute Gasteiger partial charge is 0.389 e. The first-order chi connectivity index (χ1) is 5.56. The van der Waals surface area contributed by atoms with Gasteiger partial charge in [0.25, 0.3) is 0 Å². The molecule has 1 aliphatic rings. The first-order valence-corrected chi connectivity index (χ1v) is 4.46. The van der Waals surface area contributed by atoms with Gasteiger partial charge in [0, 0.05) is 19.7 Å². The van der Waals surface area contributed by atoms with Crippen LogP contribution < -0.4 is 5.32 Å². The van der Waals surface area contributed by atoms with Crippen LogP contribution in [-0.4, -0.2) is 37.5 Å². The van der Waals surface area contributed by atoms with E-state index < -0.39 is 0 Å². The van der Waals surface area contributed by atoms with Gasteiger partial charge in [-0.25, -0.2) is 0 Å². The molecular weight excluding hydrogens is 154 g/mol. The first kappa shape index (κ1) is 9.96. The maximum atomic E-state index is 9.31. The summed E-state index contributed by atoms with van der Waals surface area (Å²) in [6.07, 6.45) is 0.846. The average molecular weight is 173 g/mol. The first-order valence-electron chi connectivity index (χ1n) is 4.46. The van der Waals surface area contributed by atoms with Gasteiger partial charge in [0.15, 0.2) is 0 Å². The van der Waals surface area contributed by atoms with E-state index >= 15 is 0 Å². The predicted molar refractivity (Wildman–Crippen MR) is 48.1 cm³/mol. The van der Waals surface area contributed by atoms with Gasteiger partial charge in [-0.15, -0.1) is 0 Å². The van der Waals surface area contributed by atoms with E-state index in [1.54, 1.807) is 7.11 Å². The number of ether oxygens (including phenoxy) is 1. The summed E-state index contributed by atoms with van der Waals surface area (Å²) >= 11 is 0. The average Bonchev–Trinajstić information content (AvgIpc) is 2.56. The molecule has 0 aromatic rings. The second kappa shape index (κ2) is 3.73. The second-order valence-corrected chi connectivity index (χ2v) is 4.26. The molecule has 12 heavy (non-hydrogen) atoms. The Hall–Kier alpha value is -0.120. The minimum atomic E-state index is -0.369. The molecule has 1 aliphatic carbocycles. The molecule has 1 rings (SSSR count). The van der Waals surface area contributed by atoms with Gasteiger partial charge in [-0.05, 0) is 11.8 Å². The highest BCUT2D eigenvalue weighted by atomic mass is 16.5. The Bertz CT molecular complexity index is 147. The molecule has 0 saturated heterocycles. The van der Waals surface area contributed by atoms with E-state index in [4.69, 9.17) is 4.74 Å². The van der Waals surface area contributed by atoms with E-state index in [-0.39, 0.29) is 6.10 Å². The van der Waals surface area contributed by atoms with Gasteiger partial charge in [0.2, 0.25) is 0 Å². The quantitative estimate of drug-likeness (QED) is 0.631. The molecular formula is C9H19NO2. The summed E-state index contributed by atoms with van der Waals surface area (Å²) in [5.74, 6) is 0. The van der Waals surface area contributed by atoms with Gasteiger partial charge in [-0.1, -0.05) is 13.8 Å². The molecule has 2 atom stereocenters. The SMILES string of the molecule is COCC(O)CNC1CC1(C)C. The van der Waals surface area contributed by atoms with E-state index in [2.05, 4.69) is 19.2 Å². The molecule has 0 amide bonds. The van der Waals surface area contributed by atoms with Gasteiger partial charge in [-0.3, -0.25) is 0 Å². The number of hydrogen-bond acceptors (Lipinski definition) is 3. The topological polar surface area (TPSA) is 41.5 Å². The number of aliphatic hydroxyl groups is 1. The van der Waals surface area contributed by atoms with Crippen LogP contribution in [0, 0.1) is 5.41 Å². The number of hydrogen-bond donors (Lipinski definition) is 2. The lowest BCUT2D eigenvalue weighted by molar-refractivity contribution is 0.0639. The predicted octanol–water partition coefficient (Wildman–Crippen LogP) is 0.382. The molecule has 72 valence electrons. The zero-order chi connectivity index (χ0) is 9.19. The Kier molecular flexibility index (Phi) is 3.09. The molecule has 0 aromatic heterocycles. The summed E-state index contributed by atoms with van der Waals surface area (Å²) in [7, 11) is 1.60. The van der Waals surface area contributed by atoms with Crippen molar-refractivity contribution in [2.45, 2.75) is 32.4 Å². The Morgan fingerprint density at radius 3 is 2.67 bits per heavy atom. The number of rotatable bonds is 5. The van der Waals surface area contributed by atoms with Crippen LogP contribution in [0.5, 0.6) is 0 Å². The lowest BCUT2D eigenvalue weighted by Crippen LogP contribution is -2.32. The molecule has 0 aliphatic heterocycles. The van der Waals surface area contributed by atoms with Crippen LogP contribution >= 0.6 is 0 Å². The minimum Gasteiger partial charge on any atom is -0.389 e. The van der Waals surface area contributed by atoms with E-state index in [0.717, 1.165) is 0 Å². The molecule has 2 N–H and O–H groups in total. The van der Waals surface area contributed by atoms with Gasteiger partial charge >= 0.3 is 0 Å². The number of aliphatic hydroxyl groups excluding tert-OH is 1. The van der Waals surface area contributed by atoms with E-state index in [0.29, 0.717) is 24.6 Å². The van der Waals surface area contributed by atoms with Crippen LogP contribution in [0.1, 0.15) is 20.3 Å². The molecule has 0 aromatic carbocycles. The molecule has 2 unspecified atom stereocenters. The fourth-order valence-electron chi connectivity index (χ4n) is 1.35. The van der Waals surface area contributed by atoms with Crippen molar-refractivity contribution in [1.82, 2.24) is 5.32 Å². The summed E-state index contributed by atoms with van der Waals surface area (Å²) in [5, 5.41) is 12.6. The molecule has 1 saturated carbocycles. The van der Waals surface area contributed by atoms with Crippen molar-refractivity contribution in [1.29, 1.82) is 0 Å². The van der Waals surface area contributed by atoms with Crippen molar-refractivity contribution in [2.24, 2.45) is 5.41 Å². The highest BCUT2D eigenvalue weighted by molar-refractivity contribution is 5.01. The Balaban J connectivity index is 2.03. The molecule has 0 bridgehead atoms. The molecule has 0 radical (unpaired) electrons. The van der Waals surface area contributed by atoms with Gasteiger partial charge in [0.05, 0.1) is 12.7 Å². The Morgan fingerprint density at radius 2 is 2.25 bits per heavy atom. The van der Waals surface area contributed by atoms with Crippen molar-refractivity contribution in [2.75, 3.05) is 20.3 Å². The minimum absolute atomic E-state index is 0.369. The lowest BCUT2D eigenvalue weighted by Gasteiger charge is -2.11. The fraction of sp³-hybridized carbons (Fsp3) is 1.00. The van der Waals surface area contributed by atoms with Crippen LogP contribution in [0.2, 0.25) is 0 Å². The fourth-order valence-corrected chi connectivity index (χ4v) is 1.35. The van der Waals surface area contributed by atoms with Gasteiger partial charge in [0.1, 0.15) is 0 Å². The highest BCUT2D eigenvalue weighted by Crippen LogP contribution is 2.44. The summed E-state index contributed by atoms with van der Waals surface area (Å²) in [5.41, 5.74) is 0.437. The lowest BCUT2D eigenvalue weighted by atomic mass is 10.2. The van der Waals surface area contributed by atoms with E-state index in [9.17, 15) is 5.11 Å². The summed E-state index contributed by atoms with van der Waals surface area (Å²) in [6.45, 7) is 5.52. The third-order valence-electron chi connectivity index (χ3n) is 2.47. The molecule has 0 spiro atoms. The van der Waals surface area contributed by atoms with Crippen LogP contribution in [0.25, 0.3) is 0 Å². The standard InChI is InChI=1S/C9H19NO2/c1-9(2)4-8(9)10-5-7(11)6-12-3/h7-8,10-11H,4-6H2,1-3H3. The third kappa shape index (κ3) is 2.73. The third-order valence-corrected chi connectivity index (χ3v) is 2.47. The summed E-state index contributed by atoms with van der Waals surface area (Å²) in [4.78, 5) is 0. The van der Waals surface area contributed by atoms with E-state index in [1.165, 1.54) is 6.42 Å². The normalized spacial score (nSPS) is 28.5. The van der Waals surface area contributed by atoms with Crippen LogP contribution in [0.15, 0.2) is 0 Å². The zero-order valence-electron chi connectivity index (χ0n) is 8.13. The van der Waals surface area contributed by atoms with Crippen molar-refractivity contribution in [3.63, 3.8) is 0 Å². The summed E-state index contributed by atoms with van der Waals surface area (Å²) in [6, 6.07) is 0.587. The van der Waals surface area contributed by atoms with Crippen LogP contribution in [0.3, 0.4) is 0 Å². The summed E-state index contributed by atoms with van der Waals surface area (Å²) < 4.78 is 4.82. The monoisotopic (exact) mass is 173 g/mol. The maximum absolute atomic E-state index is 9.31. The van der Waals surface area contributed by atoms with Crippen molar-refractivity contribution < 1.29 is 9.84 Å². The Labute approximate surface area is 74.1 Å². The smallest absolute Gasteiger partial charge is 0.0897 e. The van der Waals surface area contributed by atoms with Crippen molar-refractivity contribution in [3.05, 3.63) is 0 Å². The molecule has 0 heterocycles. The van der Waals surface area contributed by atoms with Crippen molar-refractivity contribution in [3.8, 4) is 0 Å². The van der Waals surface area contributed by atoms with Gasteiger partial charge < -0.3 is 15.2 Å². The highest BCUT2D eigenvalue weighted by Gasteiger charge is 2.45. The second-order valence-electron chi connectivity index (χ2n) is 4.26. The maximum Gasteiger partial charge on any atom is 0.0897 e. The molecule has 3 nitrogen and oxygen atoms in total. The molecule has 1 fully saturated rings. The number of nitrogens with one attached hydrogen (secondary N) is 1. The zero-order valence-corrected chi connectivity index (χ0v) is 8.13. The van der Waals surface area contributed by atoms with Gasteiger partial charge in [-0.2, -0.15) is 0 Å². The van der Waals surface area contributed by atoms with Crippen LogP contribution in [-0.2, 0) is 4.74 Å². The Morgan fingerprint density at radius 1 is 1.67 bits per heavy atom. The van der Waals surface area contributed by atoms with E-state index in [1.807, 2.05) is 0 Å². The number of methoxy groups -OCH3 is 1. The van der Waals surface area contributed by atoms with Crippen LogP contribution in [0.4, 0.5) is 0 Å². The molecule has 3 heteroatoms. The van der Waals surface area contributed by atoms with Crippen molar-refractivity contribution >= 4 is 0 Å².